The summed E-state index contributed by atoms with van der Waals surface area (Å²) in [6, 6.07) is 15.6. The Morgan fingerprint density at radius 3 is 2.78 bits per heavy atom. The Hall–Kier alpha value is -2.93. The van der Waals surface area contributed by atoms with Gasteiger partial charge in [0.05, 0.1) is 18.3 Å². The highest BCUT2D eigenvalue weighted by molar-refractivity contribution is 7.71. The third kappa shape index (κ3) is 2.22. The molecule has 2 aromatic heterocycles. The van der Waals surface area contributed by atoms with Crippen LogP contribution in [0.25, 0.3) is 28.1 Å². The summed E-state index contributed by atoms with van der Waals surface area (Å²) in [4.78, 5) is 0. The van der Waals surface area contributed by atoms with Crippen molar-refractivity contribution in [1.29, 1.82) is 0 Å². The van der Waals surface area contributed by atoms with E-state index in [1.807, 2.05) is 53.1 Å². The second-order valence-corrected chi connectivity index (χ2v) is 5.39. The Morgan fingerprint density at radius 1 is 1.04 bits per heavy atom. The number of hydrogen-bond donors (Lipinski definition) is 2. The molecule has 6 nitrogen and oxygen atoms in total. The average molecular weight is 323 g/mol. The van der Waals surface area contributed by atoms with E-state index in [1.165, 1.54) is 0 Å². The monoisotopic (exact) mass is 323 g/mol. The summed E-state index contributed by atoms with van der Waals surface area (Å²) in [7, 11) is 1.63. The number of para-hydroxylation sites is 1. The van der Waals surface area contributed by atoms with Crippen LogP contribution in [0.2, 0.25) is 0 Å². The molecule has 0 atom stereocenters. The second-order valence-electron chi connectivity index (χ2n) is 5.01. The fraction of sp³-hybridized carbons (Fsp3) is 0.0625. The van der Waals surface area contributed by atoms with Gasteiger partial charge in [-0.2, -0.15) is 10.2 Å². The lowest BCUT2D eigenvalue weighted by atomic mass is 10.2. The third-order valence-corrected chi connectivity index (χ3v) is 3.94. The number of aromatic nitrogens is 5. The van der Waals surface area contributed by atoms with Crippen LogP contribution in [0.5, 0.6) is 5.75 Å². The highest BCUT2D eigenvalue weighted by atomic mass is 32.1. The maximum Gasteiger partial charge on any atom is 0.200 e. The molecule has 0 radical (unpaired) electrons. The van der Waals surface area contributed by atoms with Gasteiger partial charge in [-0.05, 0) is 30.4 Å². The quantitative estimate of drug-likeness (QED) is 0.566. The van der Waals surface area contributed by atoms with Gasteiger partial charge in [-0.3, -0.25) is 14.8 Å². The maximum atomic E-state index is 5.40. The van der Waals surface area contributed by atoms with E-state index in [4.69, 9.17) is 17.0 Å². The van der Waals surface area contributed by atoms with Crippen LogP contribution in [0.4, 0.5) is 0 Å². The number of H-pyrrole nitrogens is 2. The first-order valence-corrected chi connectivity index (χ1v) is 7.44. The summed E-state index contributed by atoms with van der Waals surface area (Å²) in [5.74, 6) is 1.41. The minimum Gasteiger partial charge on any atom is -0.497 e. The highest BCUT2D eigenvalue weighted by Gasteiger charge is 2.16. The van der Waals surface area contributed by atoms with Gasteiger partial charge in [-0.25, -0.2) is 0 Å². The van der Waals surface area contributed by atoms with Crippen molar-refractivity contribution in [3.05, 3.63) is 53.3 Å². The van der Waals surface area contributed by atoms with E-state index in [2.05, 4.69) is 20.4 Å². The van der Waals surface area contributed by atoms with Crippen molar-refractivity contribution in [3.8, 4) is 23.0 Å². The number of rotatable bonds is 3. The molecule has 0 saturated carbocycles. The Balaban J connectivity index is 1.96. The molecule has 0 fully saturated rings. The predicted octanol–water partition coefficient (Wildman–Crippen LogP) is 3.48. The molecule has 0 saturated heterocycles. The molecule has 4 aromatic rings. The number of nitrogens with zero attached hydrogens (tertiary/aromatic N) is 3. The molecule has 2 aromatic carbocycles. The van der Waals surface area contributed by atoms with Gasteiger partial charge in [0, 0.05) is 11.5 Å². The lowest BCUT2D eigenvalue weighted by Gasteiger charge is -2.07. The number of benzene rings is 2. The molecule has 4 rings (SSSR count). The van der Waals surface area contributed by atoms with Crippen LogP contribution in [0, 0.1) is 4.77 Å². The van der Waals surface area contributed by atoms with Gasteiger partial charge < -0.3 is 4.74 Å². The number of hydrogen-bond acceptors (Lipinski definition) is 4. The molecule has 114 valence electrons. The van der Waals surface area contributed by atoms with E-state index >= 15 is 0 Å². The Labute approximate surface area is 136 Å². The van der Waals surface area contributed by atoms with Crippen molar-refractivity contribution in [1.82, 2.24) is 25.0 Å². The molecule has 0 amide bonds. The zero-order valence-electron chi connectivity index (χ0n) is 12.3. The van der Waals surface area contributed by atoms with Crippen molar-refractivity contribution in [2.45, 2.75) is 0 Å². The van der Waals surface area contributed by atoms with Gasteiger partial charge >= 0.3 is 0 Å². The number of ether oxygens (including phenoxy) is 1. The molecule has 0 unspecified atom stereocenters. The fourth-order valence-electron chi connectivity index (χ4n) is 2.58. The lowest BCUT2D eigenvalue weighted by molar-refractivity contribution is 0.414. The van der Waals surface area contributed by atoms with Crippen LogP contribution in [0.1, 0.15) is 0 Å². The standard InChI is InChI=1S/C16H13N5OS/c1-22-11-6-4-5-10(9-11)21-15(19-20-16(21)23)14-12-7-2-3-8-13(12)17-18-14/h2-9H,1H3,(H,17,18)(H,20,23). The van der Waals surface area contributed by atoms with E-state index in [0.29, 0.717) is 10.6 Å². The van der Waals surface area contributed by atoms with E-state index in [-0.39, 0.29) is 0 Å². The molecule has 0 aliphatic rings. The zero-order valence-corrected chi connectivity index (χ0v) is 13.1. The third-order valence-electron chi connectivity index (χ3n) is 3.67. The summed E-state index contributed by atoms with van der Waals surface area (Å²) < 4.78 is 7.64. The smallest absolute Gasteiger partial charge is 0.200 e. The van der Waals surface area contributed by atoms with Gasteiger partial charge in [0.25, 0.3) is 0 Å². The summed E-state index contributed by atoms with van der Waals surface area (Å²) in [5, 5.41) is 15.6. The molecule has 0 aliphatic carbocycles. The van der Waals surface area contributed by atoms with Crippen LogP contribution in [-0.2, 0) is 0 Å². The lowest BCUT2D eigenvalue weighted by Crippen LogP contribution is -1.99. The minimum atomic E-state index is 0.500. The molecular weight excluding hydrogens is 310 g/mol. The van der Waals surface area contributed by atoms with Crippen molar-refractivity contribution in [2.24, 2.45) is 0 Å². The highest BCUT2D eigenvalue weighted by Crippen LogP contribution is 2.27. The molecule has 0 bridgehead atoms. The molecule has 7 heteroatoms. The molecule has 0 aliphatic heterocycles. The van der Waals surface area contributed by atoms with Gasteiger partial charge in [0.1, 0.15) is 11.4 Å². The second kappa shape index (κ2) is 5.36. The van der Waals surface area contributed by atoms with Crippen LogP contribution >= 0.6 is 12.2 Å². The molecule has 0 spiro atoms. The normalized spacial score (nSPS) is 11.0. The number of methoxy groups -OCH3 is 1. The van der Waals surface area contributed by atoms with E-state index < -0.39 is 0 Å². The van der Waals surface area contributed by atoms with Crippen molar-refractivity contribution >= 4 is 23.1 Å². The van der Waals surface area contributed by atoms with Crippen molar-refractivity contribution < 1.29 is 4.74 Å². The van der Waals surface area contributed by atoms with Gasteiger partial charge in [0.2, 0.25) is 0 Å². The molecular formula is C16H13N5OS. The van der Waals surface area contributed by atoms with Crippen LogP contribution < -0.4 is 4.74 Å². The Kier molecular flexibility index (Phi) is 3.20. The summed E-state index contributed by atoms with van der Waals surface area (Å²) in [5.41, 5.74) is 2.56. The van der Waals surface area contributed by atoms with Gasteiger partial charge in [-0.1, -0.05) is 24.3 Å². The SMILES string of the molecule is COc1cccc(-n2c(-c3n[nH]c4ccccc34)n[nH]c2=S)c1. The fourth-order valence-corrected chi connectivity index (χ4v) is 2.82. The van der Waals surface area contributed by atoms with E-state index in [9.17, 15) is 0 Å². The van der Waals surface area contributed by atoms with E-state index in [0.717, 1.165) is 28.0 Å². The molecule has 2 N–H and O–H groups in total. The Bertz CT molecular complexity index is 1050. The molecule has 2 heterocycles. The summed E-state index contributed by atoms with van der Waals surface area (Å²) in [6.45, 7) is 0. The number of fused-ring (bicyclic) bond motifs is 1. The average Bonchev–Trinajstić information content (AvgIpc) is 3.18. The van der Waals surface area contributed by atoms with Gasteiger partial charge in [-0.15, -0.1) is 0 Å². The largest absolute Gasteiger partial charge is 0.497 e. The number of nitrogens with one attached hydrogen (secondary N) is 2. The topological polar surface area (TPSA) is 71.5 Å². The summed E-state index contributed by atoms with van der Waals surface area (Å²) >= 11 is 5.40. The Morgan fingerprint density at radius 2 is 1.91 bits per heavy atom. The predicted molar refractivity (Wildman–Crippen MR) is 90.4 cm³/mol. The van der Waals surface area contributed by atoms with Crippen molar-refractivity contribution in [2.75, 3.05) is 7.11 Å². The maximum absolute atomic E-state index is 5.40. The first kappa shape index (κ1) is 13.7. The summed E-state index contributed by atoms with van der Waals surface area (Å²) in [6.07, 6.45) is 0. The van der Waals surface area contributed by atoms with E-state index in [1.54, 1.807) is 7.11 Å². The van der Waals surface area contributed by atoms with Gasteiger partial charge in [0.15, 0.2) is 10.6 Å². The van der Waals surface area contributed by atoms with Crippen LogP contribution in [0.3, 0.4) is 0 Å². The minimum absolute atomic E-state index is 0.500. The van der Waals surface area contributed by atoms with Crippen LogP contribution in [0.15, 0.2) is 48.5 Å². The first-order valence-electron chi connectivity index (χ1n) is 7.03. The van der Waals surface area contributed by atoms with Crippen LogP contribution in [-0.4, -0.2) is 32.1 Å². The zero-order chi connectivity index (χ0) is 15.8. The van der Waals surface area contributed by atoms with Crippen molar-refractivity contribution in [3.63, 3.8) is 0 Å². The first-order chi connectivity index (χ1) is 11.3. The molecule has 23 heavy (non-hydrogen) atoms. The number of aromatic amines is 2.